The Balaban J connectivity index is 1.48. The van der Waals surface area contributed by atoms with Gasteiger partial charge in [-0.3, -0.25) is 13.9 Å². The zero-order valence-electron chi connectivity index (χ0n) is 18.0. The van der Waals surface area contributed by atoms with Gasteiger partial charge in [0.2, 0.25) is 0 Å². The van der Waals surface area contributed by atoms with Crippen molar-refractivity contribution in [2.24, 2.45) is 0 Å². The fraction of sp³-hybridized carbons (Fsp3) is 0.261. The molecule has 2 heterocycles. The molecule has 0 N–H and O–H groups in total. The van der Waals surface area contributed by atoms with E-state index in [9.17, 15) is 9.59 Å². The third-order valence-electron chi connectivity index (χ3n) is 5.09. The van der Waals surface area contributed by atoms with Crippen molar-refractivity contribution >= 4 is 28.3 Å². The number of hydrogen-bond donors (Lipinski definition) is 0. The van der Waals surface area contributed by atoms with Crippen molar-refractivity contribution in [3.05, 3.63) is 64.0 Å². The van der Waals surface area contributed by atoms with Crippen LogP contribution < -0.4 is 15.2 Å². The predicted molar refractivity (Wildman–Crippen MR) is 122 cm³/mol. The number of fused-ring (bicyclic) bond motifs is 1. The molecular formula is C23H23N3O5S. The van der Waals surface area contributed by atoms with Gasteiger partial charge in [0.05, 0.1) is 36.5 Å². The second-order valence-electron chi connectivity index (χ2n) is 6.95. The van der Waals surface area contributed by atoms with Crippen LogP contribution in [-0.2, 0) is 29.2 Å². The molecule has 166 valence electrons. The minimum atomic E-state index is -0.500. The summed E-state index contributed by atoms with van der Waals surface area (Å²) < 4.78 is 19.3. The highest BCUT2D eigenvalue weighted by molar-refractivity contribution is 7.13. The summed E-state index contributed by atoms with van der Waals surface area (Å²) in [6, 6.07) is 13.0. The van der Waals surface area contributed by atoms with Crippen molar-refractivity contribution in [2.45, 2.75) is 26.6 Å². The second kappa shape index (κ2) is 9.27. The summed E-state index contributed by atoms with van der Waals surface area (Å²) in [5.74, 6) is 0.712. The smallest absolute Gasteiger partial charge is 0.329 e. The molecule has 32 heavy (non-hydrogen) atoms. The quantitative estimate of drug-likeness (QED) is 0.378. The van der Waals surface area contributed by atoms with Crippen LogP contribution in [0.2, 0.25) is 0 Å². The van der Waals surface area contributed by atoms with E-state index in [0.29, 0.717) is 29.3 Å². The average molecular weight is 454 g/mol. The van der Waals surface area contributed by atoms with E-state index in [2.05, 4.69) is 4.98 Å². The van der Waals surface area contributed by atoms with Crippen molar-refractivity contribution in [3.63, 3.8) is 0 Å². The third-order valence-corrected chi connectivity index (χ3v) is 6.02. The lowest BCUT2D eigenvalue weighted by atomic mass is 10.2. The number of hydrogen-bond acceptors (Lipinski definition) is 7. The lowest BCUT2D eigenvalue weighted by Gasteiger charge is -2.10. The van der Waals surface area contributed by atoms with E-state index in [-0.39, 0.29) is 18.8 Å². The Hall–Kier alpha value is -3.59. The van der Waals surface area contributed by atoms with Gasteiger partial charge in [0.25, 0.3) is 0 Å². The van der Waals surface area contributed by atoms with Gasteiger partial charge in [-0.05, 0) is 31.2 Å². The van der Waals surface area contributed by atoms with Crippen LogP contribution in [0.3, 0.4) is 0 Å². The van der Waals surface area contributed by atoms with Gasteiger partial charge in [0.15, 0.2) is 11.5 Å². The number of para-hydroxylation sites is 3. The first kappa shape index (κ1) is 21.6. The largest absolute Gasteiger partial charge is 0.493 e. The summed E-state index contributed by atoms with van der Waals surface area (Å²) >= 11 is 1.42. The first-order valence-corrected chi connectivity index (χ1v) is 10.9. The van der Waals surface area contributed by atoms with Crippen LogP contribution in [-0.4, -0.2) is 34.3 Å². The Morgan fingerprint density at radius 2 is 1.78 bits per heavy atom. The Bertz CT molecular complexity index is 1320. The molecule has 0 radical (unpaired) electrons. The van der Waals surface area contributed by atoms with E-state index in [1.165, 1.54) is 15.9 Å². The lowest BCUT2D eigenvalue weighted by Crippen LogP contribution is -2.27. The number of aryl methyl sites for hydroxylation is 1. The minimum absolute atomic E-state index is 0.0167. The van der Waals surface area contributed by atoms with E-state index in [1.54, 1.807) is 18.8 Å². The summed E-state index contributed by atoms with van der Waals surface area (Å²) in [7, 11) is 3.16. The molecule has 8 nitrogen and oxygen atoms in total. The zero-order chi connectivity index (χ0) is 22.7. The molecule has 4 rings (SSSR count). The molecule has 0 atom stereocenters. The molecule has 0 saturated carbocycles. The van der Waals surface area contributed by atoms with Crippen LogP contribution in [0.4, 0.5) is 0 Å². The second-order valence-corrected chi connectivity index (χ2v) is 7.81. The predicted octanol–water partition coefficient (Wildman–Crippen LogP) is 3.71. The zero-order valence-corrected chi connectivity index (χ0v) is 18.8. The maximum Gasteiger partial charge on any atom is 0.329 e. The minimum Gasteiger partial charge on any atom is -0.493 e. The van der Waals surface area contributed by atoms with Crippen molar-refractivity contribution in [1.82, 2.24) is 14.1 Å². The third kappa shape index (κ3) is 3.99. The molecule has 0 saturated heterocycles. The normalized spacial score (nSPS) is 11.0. The van der Waals surface area contributed by atoms with E-state index >= 15 is 0 Å². The van der Waals surface area contributed by atoms with Gasteiger partial charge in [-0.2, -0.15) is 0 Å². The number of nitrogens with zero attached hydrogens (tertiary/aromatic N) is 3. The van der Waals surface area contributed by atoms with E-state index < -0.39 is 5.97 Å². The lowest BCUT2D eigenvalue weighted by molar-refractivity contribution is -0.145. The molecule has 9 heteroatoms. The van der Waals surface area contributed by atoms with Gasteiger partial charge >= 0.3 is 11.7 Å². The Morgan fingerprint density at radius 3 is 2.47 bits per heavy atom. The number of rotatable bonds is 8. The summed E-state index contributed by atoms with van der Waals surface area (Å²) in [5.41, 5.74) is 2.69. The molecule has 0 fully saturated rings. The first-order valence-electron chi connectivity index (χ1n) is 10.1. The van der Waals surface area contributed by atoms with E-state index in [0.717, 1.165) is 16.1 Å². The molecule has 0 aliphatic carbocycles. The number of carbonyl (C=O) groups excluding carboxylic acids is 1. The molecule has 0 aliphatic rings. The van der Waals surface area contributed by atoms with Crippen molar-refractivity contribution in [2.75, 3.05) is 14.2 Å². The molecule has 4 aromatic rings. The van der Waals surface area contributed by atoms with Crippen molar-refractivity contribution < 1.29 is 19.0 Å². The molecular weight excluding hydrogens is 430 g/mol. The summed E-state index contributed by atoms with van der Waals surface area (Å²) in [6.45, 7) is 2.28. The number of carbonyl (C=O) groups is 1. The number of methoxy groups -OCH3 is 2. The molecule has 0 aliphatic heterocycles. The van der Waals surface area contributed by atoms with Gasteiger partial charge < -0.3 is 14.2 Å². The molecule has 2 aromatic heterocycles. The highest BCUT2D eigenvalue weighted by atomic mass is 32.1. The van der Waals surface area contributed by atoms with Crippen LogP contribution in [0.15, 0.2) is 52.6 Å². The number of esters is 1. The van der Waals surface area contributed by atoms with Gasteiger partial charge in [-0.1, -0.05) is 18.2 Å². The number of thiazole rings is 1. The Labute approximate surface area is 188 Å². The summed E-state index contributed by atoms with van der Waals surface area (Å²) in [5, 5.41) is 2.56. The maximum absolute atomic E-state index is 12.7. The Morgan fingerprint density at radius 1 is 1.03 bits per heavy atom. The number of aromatic nitrogens is 3. The van der Waals surface area contributed by atoms with Crippen LogP contribution in [0.5, 0.6) is 11.5 Å². The molecule has 0 spiro atoms. The van der Waals surface area contributed by atoms with Crippen molar-refractivity contribution in [1.29, 1.82) is 0 Å². The van der Waals surface area contributed by atoms with Gasteiger partial charge in [0.1, 0.15) is 18.2 Å². The number of benzene rings is 2. The monoisotopic (exact) mass is 453 g/mol. The van der Waals surface area contributed by atoms with Gasteiger partial charge in [-0.15, -0.1) is 11.3 Å². The van der Waals surface area contributed by atoms with Crippen LogP contribution >= 0.6 is 11.3 Å². The van der Waals surface area contributed by atoms with E-state index in [1.807, 2.05) is 54.8 Å². The van der Waals surface area contributed by atoms with Crippen LogP contribution in [0, 0.1) is 0 Å². The number of ether oxygens (including phenoxy) is 3. The highest BCUT2D eigenvalue weighted by Crippen LogP contribution is 2.39. The molecule has 2 aromatic carbocycles. The SMILES string of the molecule is CCn1c(=O)n(CC(=O)OCc2csc(-c3cccc(OC)c3OC)n2)c2ccccc21. The molecule has 0 amide bonds. The van der Waals surface area contributed by atoms with E-state index in [4.69, 9.17) is 14.2 Å². The molecule has 0 unspecified atom stereocenters. The summed E-state index contributed by atoms with van der Waals surface area (Å²) in [4.78, 5) is 29.7. The standard InChI is InChI=1S/C23H23N3O5S/c1-4-25-17-9-5-6-10-18(17)26(23(25)28)12-20(27)31-13-15-14-32-22(24-15)16-8-7-11-19(29-2)21(16)30-3/h5-11,14H,4,12-13H2,1-3H3. The first-order chi connectivity index (χ1) is 15.6. The van der Waals surface area contributed by atoms with Gasteiger partial charge in [-0.25, -0.2) is 9.78 Å². The van der Waals surface area contributed by atoms with Crippen molar-refractivity contribution in [3.8, 4) is 22.1 Å². The molecule has 0 bridgehead atoms. The van der Waals surface area contributed by atoms with Crippen LogP contribution in [0.1, 0.15) is 12.6 Å². The topological polar surface area (TPSA) is 84.6 Å². The Kier molecular flexibility index (Phi) is 6.27. The highest BCUT2D eigenvalue weighted by Gasteiger charge is 2.17. The summed E-state index contributed by atoms with van der Waals surface area (Å²) in [6.07, 6.45) is 0. The fourth-order valence-corrected chi connectivity index (χ4v) is 4.44. The average Bonchev–Trinajstić information content (AvgIpc) is 3.40. The van der Waals surface area contributed by atoms with Crippen LogP contribution in [0.25, 0.3) is 21.6 Å². The maximum atomic E-state index is 12.7. The fourth-order valence-electron chi connectivity index (χ4n) is 3.61. The number of imidazole rings is 1. The van der Waals surface area contributed by atoms with Gasteiger partial charge in [0, 0.05) is 11.9 Å².